The third-order valence-corrected chi connectivity index (χ3v) is 3.58. The summed E-state index contributed by atoms with van der Waals surface area (Å²) in [6.45, 7) is 8.41. The fraction of sp³-hybridized carbons (Fsp3) is 0.571. The zero-order valence-electron chi connectivity index (χ0n) is 11.1. The lowest BCUT2D eigenvalue weighted by Gasteiger charge is -2.35. The Hall–Kier alpha value is -0.640. The number of piperazine rings is 1. The van der Waals surface area contributed by atoms with Gasteiger partial charge >= 0.3 is 0 Å². The number of halogens is 2. The molecular weight excluding hydrogens is 251 g/mol. The maximum atomic E-state index is 13.4. The topological polar surface area (TPSA) is 15.3 Å². The van der Waals surface area contributed by atoms with Crippen LogP contribution in [0, 0.1) is 12.7 Å². The Morgan fingerprint density at radius 3 is 2.61 bits per heavy atom. The third kappa shape index (κ3) is 3.44. The normalized spacial score (nSPS) is 18.2. The van der Waals surface area contributed by atoms with Crippen molar-refractivity contribution in [3.63, 3.8) is 0 Å². The second-order valence-corrected chi connectivity index (χ2v) is 4.71. The molecule has 18 heavy (non-hydrogen) atoms. The molecule has 0 amide bonds. The lowest BCUT2D eigenvalue weighted by molar-refractivity contribution is 0.168. The molecule has 0 spiro atoms. The van der Waals surface area contributed by atoms with E-state index in [1.54, 1.807) is 12.1 Å². The van der Waals surface area contributed by atoms with Gasteiger partial charge in [-0.2, -0.15) is 0 Å². The summed E-state index contributed by atoms with van der Waals surface area (Å²) in [7, 11) is 0. The Morgan fingerprint density at radius 1 is 1.33 bits per heavy atom. The van der Waals surface area contributed by atoms with Gasteiger partial charge in [-0.25, -0.2) is 4.39 Å². The third-order valence-electron chi connectivity index (χ3n) is 3.58. The quantitative estimate of drug-likeness (QED) is 0.910. The summed E-state index contributed by atoms with van der Waals surface area (Å²) < 4.78 is 13.4. The van der Waals surface area contributed by atoms with E-state index in [0.717, 1.165) is 38.2 Å². The summed E-state index contributed by atoms with van der Waals surface area (Å²) in [6.07, 6.45) is 1.03. The highest BCUT2D eigenvalue weighted by molar-refractivity contribution is 5.85. The minimum atomic E-state index is -0.126. The van der Waals surface area contributed by atoms with Crippen LogP contribution in [0.15, 0.2) is 18.2 Å². The molecule has 2 rings (SSSR count). The van der Waals surface area contributed by atoms with Gasteiger partial charge in [0.15, 0.2) is 0 Å². The summed E-state index contributed by atoms with van der Waals surface area (Å²) >= 11 is 0. The summed E-state index contributed by atoms with van der Waals surface area (Å²) in [5.74, 6) is -0.126. The zero-order valence-corrected chi connectivity index (χ0v) is 11.9. The highest BCUT2D eigenvalue weighted by Gasteiger charge is 2.22. The molecule has 0 bridgehead atoms. The highest BCUT2D eigenvalue weighted by Crippen LogP contribution is 2.27. The number of rotatable bonds is 3. The first kappa shape index (κ1) is 15.4. The minimum absolute atomic E-state index is 0. The van der Waals surface area contributed by atoms with Gasteiger partial charge in [-0.05, 0) is 36.6 Å². The van der Waals surface area contributed by atoms with Gasteiger partial charge < -0.3 is 5.32 Å². The summed E-state index contributed by atoms with van der Waals surface area (Å²) in [6, 6.07) is 5.48. The lowest BCUT2D eigenvalue weighted by atomic mass is 9.97. The predicted molar refractivity (Wildman–Crippen MR) is 75.9 cm³/mol. The predicted octanol–water partition coefficient (Wildman–Crippen LogP) is 2.91. The molecule has 1 aliphatic heterocycles. The van der Waals surface area contributed by atoms with Crippen LogP contribution in [0.2, 0.25) is 0 Å². The van der Waals surface area contributed by atoms with E-state index in [9.17, 15) is 4.39 Å². The van der Waals surface area contributed by atoms with E-state index < -0.39 is 0 Å². The van der Waals surface area contributed by atoms with Crippen molar-refractivity contribution in [2.45, 2.75) is 26.3 Å². The van der Waals surface area contributed by atoms with Crippen molar-refractivity contribution in [2.24, 2.45) is 0 Å². The standard InChI is InChI=1S/C14H21FN2.ClH/c1-3-14(17-8-6-16-7-9-17)13-10-12(15)5-4-11(13)2;/h4-5,10,14,16H,3,6-9H2,1-2H3;1H/t14-;/m1./s1. The molecule has 1 fully saturated rings. The molecule has 1 aromatic rings. The van der Waals surface area contributed by atoms with E-state index in [0.29, 0.717) is 6.04 Å². The molecule has 2 nitrogen and oxygen atoms in total. The SMILES string of the molecule is CC[C@H](c1cc(F)ccc1C)N1CCNCC1.Cl. The number of hydrogen-bond acceptors (Lipinski definition) is 2. The second-order valence-electron chi connectivity index (χ2n) is 4.71. The Morgan fingerprint density at radius 2 is 2.00 bits per heavy atom. The van der Waals surface area contributed by atoms with E-state index in [2.05, 4.69) is 24.1 Å². The van der Waals surface area contributed by atoms with E-state index in [4.69, 9.17) is 0 Å². The van der Waals surface area contributed by atoms with Gasteiger partial charge in [0.25, 0.3) is 0 Å². The van der Waals surface area contributed by atoms with Crippen molar-refractivity contribution in [1.29, 1.82) is 0 Å². The van der Waals surface area contributed by atoms with Crippen LogP contribution in [0.5, 0.6) is 0 Å². The Bertz CT molecular complexity index is 378. The monoisotopic (exact) mass is 272 g/mol. The number of aryl methyl sites for hydroxylation is 1. The minimum Gasteiger partial charge on any atom is -0.314 e. The molecule has 102 valence electrons. The van der Waals surface area contributed by atoms with Gasteiger partial charge in [0.2, 0.25) is 0 Å². The van der Waals surface area contributed by atoms with Crippen LogP contribution < -0.4 is 5.32 Å². The zero-order chi connectivity index (χ0) is 12.3. The van der Waals surface area contributed by atoms with Crippen LogP contribution in [-0.2, 0) is 0 Å². The molecule has 4 heteroatoms. The number of nitrogens with zero attached hydrogens (tertiary/aromatic N) is 1. The highest BCUT2D eigenvalue weighted by atomic mass is 35.5. The van der Waals surface area contributed by atoms with Crippen LogP contribution in [0.3, 0.4) is 0 Å². The molecule has 0 aliphatic carbocycles. The largest absolute Gasteiger partial charge is 0.314 e. The molecule has 0 aromatic heterocycles. The van der Waals surface area contributed by atoms with Crippen molar-refractivity contribution in [2.75, 3.05) is 26.2 Å². The van der Waals surface area contributed by atoms with Gasteiger partial charge in [-0.3, -0.25) is 4.90 Å². The second kappa shape index (κ2) is 7.07. The summed E-state index contributed by atoms with van der Waals surface area (Å²) in [5, 5.41) is 3.36. The maximum absolute atomic E-state index is 13.4. The number of benzene rings is 1. The smallest absolute Gasteiger partial charge is 0.123 e. The fourth-order valence-electron chi connectivity index (χ4n) is 2.64. The number of hydrogen-bond donors (Lipinski definition) is 1. The Kier molecular flexibility index (Phi) is 6.06. The molecule has 1 saturated heterocycles. The van der Waals surface area contributed by atoms with Gasteiger partial charge in [-0.15, -0.1) is 12.4 Å². The van der Waals surface area contributed by atoms with Gasteiger partial charge in [-0.1, -0.05) is 13.0 Å². The molecule has 0 saturated carbocycles. The molecule has 1 aliphatic rings. The first-order chi connectivity index (χ1) is 8.22. The van der Waals surface area contributed by atoms with Crippen molar-refractivity contribution < 1.29 is 4.39 Å². The molecule has 1 heterocycles. The van der Waals surface area contributed by atoms with Crippen molar-refractivity contribution in [1.82, 2.24) is 10.2 Å². The van der Waals surface area contributed by atoms with Crippen molar-refractivity contribution in [3.8, 4) is 0 Å². The lowest BCUT2D eigenvalue weighted by Crippen LogP contribution is -2.45. The average Bonchev–Trinajstić information content (AvgIpc) is 2.36. The van der Waals surface area contributed by atoms with E-state index in [1.165, 1.54) is 5.56 Å². The van der Waals surface area contributed by atoms with E-state index in [1.807, 2.05) is 6.07 Å². The molecular formula is C14H22ClFN2. The van der Waals surface area contributed by atoms with Crippen LogP contribution in [-0.4, -0.2) is 31.1 Å². The fourth-order valence-corrected chi connectivity index (χ4v) is 2.64. The van der Waals surface area contributed by atoms with E-state index in [-0.39, 0.29) is 18.2 Å². The molecule has 1 N–H and O–H groups in total. The van der Waals surface area contributed by atoms with Gasteiger partial charge in [0, 0.05) is 32.2 Å². The molecule has 0 radical (unpaired) electrons. The number of nitrogens with one attached hydrogen (secondary N) is 1. The van der Waals surface area contributed by atoms with E-state index >= 15 is 0 Å². The molecule has 1 aromatic carbocycles. The summed E-state index contributed by atoms with van der Waals surface area (Å²) in [5.41, 5.74) is 2.34. The first-order valence-electron chi connectivity index (χ1n) is 6.43. The van der Waals surface area contributed by atoms with Crippen molar-refractivity contribution >= 4 is 12.4 Å². The summed E-state index contributed by atoms with van der Waals surface area (Å²) in [4.78, 5) is 2.46. The molecule has 0 unspecified atom stereocenters. The maximum Gasteiger partial charge on any atom is 0.123 e. The van der Waals surface area contributed by atoms with Crippen molar-refractivity contribution in [3.05, 3.63) is 35.1 Å². The average molecular weight is 273 g/mol. The molecule has 1 atom stereocenters. The van der Waals surface area contributed by atoms with Crippen LogP contribution >= 0.6 is 12.4 Å². The first-order valence-corrected chi connectivity index (χ1v) is 6.43. The Labute approximate surface area is 115 Å². The van der Waals surface area contributed by atoms with Crippen LogP contribution in [0.1, 0.15) is 30.5 Å². The van der Waals surface area contributed by atoms with Crippen LogP contribution in [0.25, 0.3) is 0 Å². The van der Waals surface area contributed by atoms with Gasteiger partial charge in [0.05, 0.1) is 0 Å². The van der Waals surface area contributed by atoms with Crippen LogP contribution in [0.4, 0.5) is 4.39 Å². The Balaban J connectivity index is 0.00000162. The van der Waals surface area contributed by atoms with Gasteiger partial charge in [0.1, 0.15) is 5.82 Å².